The molecule has 3 nitrogen and oxygen atoms in total. The molecule has 0 amide bonds. The first-order chi connectivity index (χ1) is 9.86. The van der Waals surface area contributed by atoms with Crippen molar-refractivity contribution in [1.29, 1.82) is 0 Å². The van der Waals surface area contributed by atoms with E-state index in [0.29, 0.717) is 0 Å². The molecule has 1 aliphatic carbocycles. The van der Waals surface area contributed by atoms with E-state index in [2.05, 4.69) is 41.5 Å². The summed E-state index contributed by atoms with van der Waals surface area (Å²) in [6, 6.07) is 10.4. The average Bonchev–Trinajstić information content (AvgIpc) is 3.29. The van der Waals surface area contributed by atoms with Crippen LogP contribution in [-0.2, 0) is 6.54 Å². The molecule has 0 spiro atoms. The molecule has 0 unspecified atom stereocenters. The second kappa shape index (κ2) is 6.23. The first-order valence-electron chi connectivity index (χ1n) is 7.59. The lowest BCUT2D eigenvalue weighted by Gasteiger charge is -2.11. The number of ether oxygens (including phenoxy) is 1. The van der Waals surface area contributed by atoms with Crippen LogP contribution in [0.15, 0.2) is 30.3 Å². The summed E-state index contributed by atoms with van der Waals surface area (Å²) in [6.45, 7) is 4.74. The Morgan fingerprint density at radius 1 is 1.30 bits per heavy atom. The summed E-state index contributed by atoms with van der Waals surface area (Å²) in [5.74, 6) is 1.66. The van der Waals surface area contributed by atoms with Gasteiger partial charge in [0.2, 0.25) is 5.88 Å². The van der Waals surface area contributed by atoms with E-state index < -0.39 is 0 Å². The van der Waals surface area contributed by atoms with E-state index in [-0.39, 0.29) is 0 Å². The number of fused-ring (bicyclic) bond motifs is 1. The molecule has 1 aromatic carbocycles. The number of aromatic nitrogens is 1. The summed E-state index contributed by atoms with van der Waals surface area (Å²) >= 11 is 0. The van der Waals surface area contributed by atoms with E-state index in [1.165, 1.54) is 23.8 Å². The Bertz CT molecular complexity index is 578. The van der Waals surface area contributed by atoms with Crippen LogP contribution in [0.25, 0.3) is 10.9 Å². The Morgan fingerprint density at radius 3 is 2.95 bits per heavy atom. The summed E-state index contributed by atoms with van der Waals surface area (Å²) in [5, 5.41) is 4.60. The number of pyridine rings is 1. The molecule has 1 N–H and O–H groups in total. The van der Waals surface area contributed by atoms with Crippen molar-refractivity contribution >= 4 is 10.9 Å². The van der Waals surface area contributed by atoms with Gasteiger partial charge < -0.3 is 10.1 Å². The quantitative estimate of drug-likeness (QED) is 0.836. The van der Waals surface area contributed by atoms with Gasteiger partial charge >= 0.3 is 0 Å². The Labute approximate surface area is 120 Å². The van der Waals surface area contributed by atoms with Gasteiger partial charge in [0.1, 0.15) is 0 Å². The van der Waals surface area contributed by atoms with Crippen LogP contribution >= 0.6 is 0 Å². The first kappa shape index (κ1) is 13.4. The molecule has 20 heavy (non-hydrogen) atoms. The Morgan fingerprint density at radius 2 is 2.15 bits per heavy atom. The van der Waals surface area contributed by atoms with Gasteiger partial charge in [-0.25, -0.2) is 4.98 Å². The van der Waals surface area contributed by atoms with Crippen molar-refractivity contribution in [3.05, 3.63) is 35.9 Å². The van der Waals surface area contributed by atoms with Crippen molar-refractivity contribution < 1.29 is 4.74 Å². The molecular weight excluding hydrogens is 248 g/mol. The molecule has 1 fully saturated rings. The molecule has 2 aromatic rings. The number of nitrogens with zero attached hydrogens (tertiary/aromatic N) is 1. The van der Waals surface area contributed by atoms with Crippen molar-refractivity contribution in [3.8, 4) is 5.88 Å². The minimum absolute atomic E-state index is 0.761. The van der Waals surface area contributed by atoms with Crippen LogP contribution in [-0.4, -0.2) is 18.1 Å². The van der Waals surface area contributed by atoms with E-state index in [4.69, 9.17) is 4.74 Å². The number of nitrogens with one attached hydrogen (secondary N) is 1. The normalized spacial score (nSPS) is 14.7. The molecule has 1 aliphatic rings. The van der Waals surface area contributed by atoms with E-state index in [9.17, 15) is 0 Å². The topological polar surface area (TPSA) is 34.1 Å². The Kier molecular flexibility index (Phi) is 4.16. The standard InChI is InChI=1S/C17H22N2O/c1-2-18-12-14-11-17(20-10-9-13-7-8-13)19-16-6-4-3-5-15(14)16/h3-6,11,13,18H,2,7-10,12H2,1H3. The molecule has 3 rings (SSSR count). The molecule has 1 heterocycles. The van der Waals surface area contributed by atoms with Gasteiger partial charge in [0.25, 0.3) is 0 Å². The van der Waals surface area contributed by atoms with Gasteiger partial charge in [-0.3, -0.25) is 0 Å². The second-order valence-electron chi connectivity index (χ2n) is 5.50. The first-order valence-corrected chi connectivity index (χ1v) is 7.59. The predicted octanol–water partition coefficient (Wildman–Crippen LogP) is 3.52. The highest BCUT2D eigenvalue weighted by Crippen LogP contribution is 2.32. The van der Waals surface area contributed by atoms with Crippen LogP contribution in [0.2, 0.25) is 0 Å². The maximum absolute atomic E-state index is 5.85. The monoisotopic (exact) mass is 270 g/mol. The number of hydrogen-bond acceptors (Lipinski definition) is 3. The zero-order valence-electron chi connectivity index (χ0n) is 12.1. The van der Waals surface area contributed by atoms with E-state index in [1.54, 1.807) is 0 Å². The Hall–Kier alpha value is -1.61. The van der Waals surface area contributed by atoms with E-state index in [0.717, 1.165) is 43.4 Å². The molecule has 0 atom stereocenters. The molecule has 1 saturated carbocycles. The lowest BCUT2D eigenvalue weighted by molar-refractivity contribution is 0.292. The fourth-order valence-corrected chi connectivity index (χ4v) is 2.44. The Balaban J connectivity index is 1.79. The van der Waals surface area contributed by atoms with E-state index >= 15 is 0 Å². The van der Waals surface area contributed by atoms with Crippen LogP contribution < -0.4 is 10.1 Å². The van der Waals surface area contributed by atoms with Crippen LogP contribution in [0.4, 0.5) is 0 Å². The van der Waals surface area contributed by atoms with Crippen LogP contribution in [0.3, 0.4) is 0 Å². The van der Waals surface area contributed by atoms with Gasteiger partial charge in [-0.15, -0.1) is 0 Å². The zero-order valence-corrected chi connectivity index (χ0v) is 12.1. The van der Waals surface area contributed by atoms with Crippen molar-refractivity contribution in [1.82, 2.24) is 10.3 Å². The number of rotatable bonds is 7. The van der Waals surface area contributed by atoms with E-state index in [1.807, 2.05) is 6.07 Å². The number of benzene rings is 1. The largest absolute Gasteiger partial charge is 0.478 e. The maximum atomic E-state index is 5.85. The smallest absolute Gasteiger partial charge is 0.214 e. The molecule has 0 radical (unpaired) electrons. The third-order valence-electron chi connectivity index (χ3n) is 3.82. The summed E-state index contributed by atoms with van der Waals surface area (Å²) in [4.78, 5) is 4.61. The van der Waals surface area contributed by atoms with Gasteiger partial charge in [0.15, 0.2) is 0 Å². The highest BCUT2D eigenvalue weighted by atomic mass is 16.5. The van der Waals surface area contributed by atoms with Gasteiger partial charge in [-0.05, 0) is 30.5 Å². The minimum Gasteiger partial charge on any atom is -0.478 e. The average molecular weight is 270 g/mol. The molecular formula is C17H22N2O. The number of para-hydroxylation sites is 1. The van der Waals surface area contributed by atoms with Gasteiger partial charge in [0.05, 0.1) is 12.1 Å². The van der Waals surface area contributed by atoms with Crippen LogP contribution in [0.1, 0.15) is 31.7 Å². The third kappa shape index (κ3) is 3.28. The summed E-state index contributed by atoms with van der Waals surface area (Å²) in [5.41, 5.74) is 2.28. The van der Waals surface area contributed by atoms with Gasteiger partial charge in [-0.2, -0.15) is 0 Å². The molecule has 1 aromatic heterocycles. The molecule has 3 heteroatoms. The predicted molar refractivity (Wildman–Crippen MR) is 82.0 cm³/mol. The second-order valence-corrected chi connectivity index (χ2v) is 5.50. The van der Waals surface area contributed by atoms with Crippen LogP contribution in [0.5, 0.6) is 5.88 Å². The lowest BCUT2D eigenvalue weighted by Crippen LogP contribution is -2.12. The molecule has 0 saturated heterocycles. The molecule has 0 aliphatic heterocycles. The third-order valence-corrected chi connectivity index (χ3v) is 3.82. The molecule has 0 bridgehead atoms. The lowest BCUT2D eigenvalue weighted by atomic mass is 10.1. The zero-order chi connectivity index (χ0) is 13.8. The van der Waals surface area contributed by atoms with Crippen molar-refractivity contribution in [2.24, 2.45) is 5.92 Å². The summed E-state index contributed by atoms with van der Waals surface area (Å²) in [6.07, 6.45) is 3.91. The van der Waals surface area contributed by atoms with Gasteiger partial charge in [-0.1, -0.05) is 38.0 Å². The van der Waals surface area contributed by atoms with Crippen molar-refractivity contribution in [2.45, 2.75) is 32.7 Å². The number of hydrogen-bond donors (Lipinski definition) is 1. The van der Waals surface area contributed by atoms with Crippen molar-refractivity contribution in [3.63, 3.8) is 0 Å². The highest BCUT2D eigenvalue weighted by Gasteiger charge is 2.20. The summed E-state index contributed by atoms with van der Waals surface area (Å²) < 4.78 is 5.85. The fraction of sp³-hybridized carbons (Fsp3) is 0.471. The highest BCUT2D eigenvalue weighted by molar-refractivity contribution is 5.82. The minimum atomic E-state index is 0.761. The maximum Gasteiger partial charge on any atom is 0.214 e. The van der Waals surface area contributed by atoms with Crippen LogP contribution in [0, 0.1) is 5.92 Å². The van der Waals surface area contributed by atoms with Crippen molar-refractivity contribution in [2.75, 3.05) is 13.2 Å². The summed E-state index contributed by atoms with van der Waals surface area (Å²) in [7, 11) is 0. The molecule has 106 valence electrons. The SMILES string of the molecule is CCNCc1cc(OCCC2CC2)nc2ccccc12. The van der Waals surface area contributed by atoms with Gasteiger partial charge in [0, 0.05) is 18.0 Å². The fourth-order valence-electron chi connectivity index (χ4n) is 2.44.